The zero-order chi connectivity index (χ0) is 12.2. The molecule has 0 aromatic heterocycles. The highest BCUT2D eigenvalue weighted by Crippen LogP contribution is 2.20. The van der Waals surface area contributed by atoms with Gasteiger partial charge in [-0.2, -0.15) is 0 Å². The zero-order valence-corrected chi connectivity index (χ0v) is 11.8. The molecule has 0 bridgehead atoms. The first kappa shape index (κ1) is 14.0. The lowest BCUT2D eigenvalue weighted by molar-refractivity contribution is 0.267. The number of nitrogens with zero attached hydrogens (tertiary/aromatic N) is 1. The second-order valence-electron chi connectivity index (χ2n) is 6.45. The predicted molar refractivity (Wildman–Crippen MR) is 71.8 cm³/mol. The quantitative estimate of drug-likeness (QED) is 0.775. The van der Waals surface area contributed by atoms with Crippen LogP contribution in [0.15, 0.2) is 0 Å². The van der Waals surface area contributed by atoms with E-state index < -0.39 is 0 Å². The summed E-state index contributed by atoms with van der Waals surface area (Å²) in [5.74, 6) is 0.872. The summed E-state index contributed by atoms with van der Waals surface area (Å²) in [5.41, 5.74) is 0.377. The molecule has 0 aromatic carbocycles. The van der Waals surface area contributed by atoms with Gasteiger partial charge in [-0.05, 0) is 50.7 Å². The average molecular weight is 226 g/mol. The second kappa shape index (κ2) is 6.02. The molecule has 1 saturated heterocycles. The Bertz CT molecular complexity index is 195. The molecular weight excluding hydrogens is 196 g/mol. The molecule has 0 amide bonds. The molecule has 0 aliphatic carbocycles. The zero-order valence-electron chi connectivity index (χ0n) is 11.8. The van der Waals surface area contributed by atoms with Crippen LogP contribution in [0.5, 0.6) is 0 Å². The second-order valence-corrected chi connectivity index (χ2v) is 6.45. The fourth-order valence-electron chi connectivity index (χ4n) is 2.25. The predicted octanol–water partition coefficient (Wildman–Crippen LogP) is 2.74. The summed E-state index contributed by atoms with van der Waals surface area (Å²) >= 11 is 0. The molecule has 0 aromatic rings. The van der Waals surface area contributed by atoms with E-state index in [4.69, 9.17) is 0 Å². The lowest BCUT2D eigenvalue weighted by Gasteiger charge is -2.29. The molecular formula is C14H30N2. The van der Waals surface area contributed by atoms with Crippen LogP contribution in [0.2, 0.25) is 0 Å². The molecule has 96 valence electrons. The number of hydrogen-bond acceptors (Lipinski definition) is 2. The standard InChI is InChI=1S/C14H30N2/c1-6-8-16-9-7-13(11-16)10-15-12(2)14(3,4)5/h12-13,15H,6-11H2,1-5H3. The van der Waals surface area contributed by atoms with Crippen molar-refractivity contribution in [3.63, 3.8) is 0 Å². The highest BCUT2D eigenvalue weighted by molar-refractivity contribution is 4.81. The van der Waals surface area contributed by atoms with Gasteiger partial charge in [0.05, 0.1) is 0 Å². The Kier molecular flexibility index (Phi) is 5.26. The van der Waals surface area contributed by atoms with E-state index >= 15 is 0 Å². The van der Waals surface area contributed by atoms with Crippen LogP contribution in [0.3, 0.4) is 0 Å². The van der Waals surface area contributed by atoms with Gasteiger partial charge in [-0.15, -0.1) is 0 Å². The van der Waals surface area contributed by atoms with Crippen LogP contribution in [-0.2, 0) is 0 Å². The molecule has 1 N–H and O–H groups in total. The molecule has 1 aliphatic heterocycles. The van der Waals surface area contributed by atoms with E-state index in [1.54, 1.807) is 0 Å². The molecule has 1 heterocycles. The Balaban J connectivity index is 2.20. The van der Waals surface area contributed by atoms with Crippen molar-refractivity contribution in [1.82, 2.24) is 10.2 Å². The van der Waals surface area contributed by atoms with E-state index in [0.29, 0.717) is 11.5 Å². The van der Waals surface area contributed by atoms with Crippen LogP contribution in [-0.4, -0.2) is 37.1 Å². The number of nitrogens with one attached hydrogen (secondary N) is 1. The lowest BCUT2D eigenvalue weighted by Crippen LogP contribution is -2.40. The fourth-order valence-corrected chi connectivity index (χ4v) is 2.25. The van der Waals surface area contributed by atoms with E-state index in [1.807, 2.05) is 0 Å². The summed E-state index contributed by atoms with van der Waals surface area (Å²) < 4.78 is 0. The van der Waals surface area contributed by atoms with Crippen LogP contribution in [0, 0.1) is 11.3 Å². The van der Waals surface area contributed by atoms with E-state index in [0.717, 1.165) is 5.92 Å². The largest absolute Gasteiger partial charge is 0.313 e. The molecule has 2 nitrogen and oxygen atoms in total. The summed E-state index contributed by atoms with van der Waals surface area (Å²) in [6.07, 6.45) is 2.67. The molecule has 1 fully saturated rings. The van der Waals surface area contributed by atoms with Crippen LogP contribution in [0.25, 0.3) is 0 Å². The first-order valence-electron chi connectivity index (χ1n) is 6.89. The van der Waals surface area contributed by atoms with Crippen molar-refractivity contribution in [3.05, 3.63) is 0 Å². The molecule has 2 unspecified atom stereocenters. The first-order valence-corrected chi connectivity index (χ1v) is 6.89. The van der Waals surface area contributed by atoms with Gasteiger partial charge in [-0.3, -0.25) is 0 Å². The van der Waals surface area contributed by atoms with Gasteiger partial charge in [-0.25, -0.2) is 0 Å². The summed E-state index contributed by atoms with van der Waals surface area (Å²) in [7, 11) is 0. The topological polar surface area (TPSA) is 15.3 Å². The van der Waals surface area contributed by atoms with Crippen LogP contribution in [0.4, 0.5) is 0 Å². The SMILES string of the molecule is CCCN1CCC(CNC(C)C(C)(C)C)C1. The average Bonchev–Trinajstić information content (AvgIpc) is 2.61. The monoisotopic (exact) mass is 226 g/mol. The van der Waals surface area contributed by atoms with Crippen molar-refractivity contribution >= 4 is 0 Å². The fraction of sp³-hybridized carbons (Fsp3) is 1.00. The van der Waals surface area contributed by atoms with Gasteiger partial charge in [-0.1, -0.05) is 27.7 Å². The Morgan fingerprint density at radius 3 is 2.62 bits per heavy atom. The molecule has 2 heteroatoms. The first-order chi connectivity index (χ1) is 7.43. The summed E-state index contributed by atoms with van der Waals surface area (Å²) in [4.78, 5) is 2.61. The lowest BCUT2D eigenvalue weighted by atomic mass is 9.88. The molecule has 2 atom stereocenters. The van der Waals surface area contributed by atoms with Gasteiger partial charge in [0.25, 0.3) is 0 Å². The van der Waals surface area contributed by atoms with Crippen molar-refractivity contribution in [2.24, 2.45) is 11.3 Å². The third-order valence-corrected chi connectivity index (χ3v) is 3.92. The molecule has 0 saturated carbocycles. The molecule has 16 heavy (non-hydrogen) atoms. The number of likely N-dealkylation sites (tertiary alicyclic amines) is 1. The van der Waals surface area contributed by atoms with E-state index in [2.05, 4.69) is 44.8 Å². The molecule has 0 spiro atoms. The van der Waals surface area contributed by atoms with Crippen LogP contribution < -0.4 is 5.32 Å². The van der Waals surface area contributed by atoms with E-state index in [9.17, 15) is 0 Å². The Labute approximate surface area is 102 Å². The smallest absolute Gasteiger partial charge is 0.00873 e. The maximum atomic E-state index is 3.70. The minimum atomic E-state index is 0.377. The van der Waals surface area contributed by atoms with Crippen LogP contribution in [0.1, 0.15) is 47.5 Å². The van der Waals surface area contributed by atoms with Crippen LogP contribution >= 0.6 is 0 Å². The minimum absolute atomic E-state index is 0.377. The highest BCUT2D eigenvalue weighted by Gasteiger charge is 2.24. The minimum Gasteiger partial charge on any atom is -0.313 e. The van der Waals surface area contributed by atoms with Crippen molar-refractivity contribution < 1.29 is 0 Å². The third kappa shape index (κ3) is 4.42. The Morgan fingerprint density at radius 2 is 2.06 bits per heavy atom. The van der Waals surface area contributed by atoms with Crippen molar-refractivity contribution in [3.8, 4) is 0 Å². The van der Waals surface area contributed by atoms with E-state index in [-0.39, 0.29) is 0 Å². The normalized spacial score (nSPS) is 24.9. The Morgan fingerprint density at radius 1 is 1.38 bits per heavy atom. The van der Waals surface area contributed by atoms with Crippen molar-refractivity contribution in [2.75, 3.05) is 26.2 Å². The van der Waals surface area contributed by atoms with Gasteiger partial charge >= 0.3 is 0 Å². The molecule has 0 radical (unpaired) electrons. The van der Waals surface area contributed by atoms with Crippen molar-refractivity contribution in [2.45, 2.75) is 53.5 Å². The van der Waals surface area contributed by atoms with Crippen molar-refractivity contribution in [1.29, 1.82) is 0 Å². The summed E-state index contributed by atoms with van der Waals surface area (Å²) in [5, 5.41) is 3.70. The third-order valence-electron chi connectivity index (χ3n) is 3.92. The van der Waals surface area contributed by atoms with Gasteiger partial charge in [0.1, 0.15) is 0 Å². The number of rotatable bonds is 5. The maximum Gasteiger partial charge on any atom is 0.00873 e. The van der Waals surface area contributed by atoms with Gasteiger partial charge < -0.3 is 10.2 Å². The number of hydrogen-bond donors (Lipinski definition) is 1. The maximum absolute atomic E-state index is 3.70. The van der Waals surface area contributed by atoms with E-state index in [1.165, 1.54) is 39.0 Å². The Hall–Kier alpha value is -0.0800. The van der Waals surface area contributed by atoms with Gasteiger partial charge in [0.15, 0.2) is 0 Å². The van der Waals surface area contributed by atoms with Gasteiger partial charge in [0, 0.05) is 12.6 Å². The molecule has 1 rings (SSSR count). The summed E-state index contributed by atoms with van der Waals surface area (Å²) in [6, 6.07) is 0.604. The summed E-state index contributed by atoms with van der Waals surface area (Å²) in [6.45, 7) is 16.6. The highest BCUT2D eigenvalue weighted by atomic mass is 15.1. The molecule has 1 aliphatic rings. The van der Waals surface area contributed by atoms with Gasteiger partial charge in [0.2, 0.25) is 0 Å².